The number of aromatic nitrogens is 5. The van der Waals surface area contributed by atoms with Gasteiger partial charge in [-0.15, -0.1) is 0 Å². The molecule has 0 fully saturated rings. The molecular formula is C53H31N5O. The summed E-state index contributed by atoms with van der Waals surface area (Å²) in [5.41, 5.74) is 8.67. The maximum Gasteiger partial charge on any atom is 0.182 e. The average Bonchev–Trinajstić information content (AvgIpc) is 3.70. The minimum absolute atomic E-state index is 0.494. The summed E-state index contributed by atoms with van der Waals surface area (Å²) in [4.78, 5) is 24.0. The lowest BCUT2D eigenvalue weighted by molar-refractivity contribution is 0.669. The van der Waals surface area contributed by atoms with E-state index in [0.29, 0.717) is 28.9 Å². The highest BCUT2D eigenvalue weighted by Crippen LogP contribution is 2.46. The van der Waals surface area contributed by atoms with E-state index in [0.717, 1.165) is 55.0 Å². The SMILES string of the molecule is c1ccc(-c2nc(-c3ccccn3)nc(-c3ccc(-c4cc5c6ccccc6c(-c6cccc7oc8ccccc8c67)cc5c5ccccc45)c4ccccc34)n2)nc1. The van der Waals surface area contributed by atoms with Gasteiger partial charge in [-0.1, -0.05) is 121 Å². The van der Waals surface area contributed by atoms with Crippen LogP contribution in [0.2, 0.25) is 0 Å². The average molecular weight is 754 g/mol. The van der Waals surface area contributed by atoms with Gasteiger partial charge in [-0.25, -0.2) is 15.0 Å². The van der Waals surface area contributed by atoms with Crippen molar-refractivity contribution in [3.8, 4) is 56.7 Å². The molecule has 0 N–H and O–H groups in total. The zero-order valence-corrected chi connectivity index (χ0v) is 31.5. The van der Waals surface area contributed by atoms with E-state index in [4.69, 9.17) is 19.4 Å². The van der Waals surface area contributed by atoms with Gasteiger partial charge in [0, 0.05) is 28.7 Å². The van der Waals surface area contributed by atoms with Crippen molar-refractivity contribution in [1.29, 1.82) is 0 Å². The van der Waals surface area contributed by atoms with Crippen LogP contribution in [0.5, 0.6) is 0 Å². The van der Waals surface area contributed by atoms with Crippen LogP contribution in [0.1, 0.15) is 0 Å². The maximum atomic E-state index is 6.36. The van der Waals surface area contributed by atoms with Crippen molar-refractivity contribution in [2.75, 3.05) is 0 Å². The molecule has 6 heteroatoms. The molecule has 274 valence electrons. The number of para-hydroxylation sites is 1. The molecule has 12 rings (SSSR count). The first kappa shape index (κ1) is 33.1. The van der Waals surface area contributed by atoms with Crippen LogP contribution < -0.4 is 0 Å². The van der Waals surface area contributed by atoms with E-state index in [1.54, 1.807) is 12.4 Å². The Hall–Kier alpha value is -8.09. The molecule has 0 aliphatic heterocycles. The number of hydrogen-bond acceptors (Lipinski definition) is 6. The Morgan fingerprint density at radius 2 is 0.746 bits per heavy atom. The maximum absolute atomic E-state index is 6.36. The number of pyridine rings is 2. The summed E-state index contributed by atoms with van der Waals surface area (Å²) in [5, 5.41) is 11.6. The Labute approximate surface area is 338 Å². The van der Waals surface area contributed by atoms with Crippen molar-refractivity contribution in [3.05, 3.63) is 188 Å². The van der Waals surface area contributed by atoms with E-state index >= 15 is 0 Å². The first-order valence-electron chi connectivity index (χ1n) is 19.7. The van der Waals surface area contributed by atoms with Crippen LogP contribution in [0.4, 0.5) is 0 Å². The largest absolute Gasteiger partial charge is 0.456 e. The van der Waals surface area contributed by atoms with Crippen molar-refractivity contribution in [2.24, 2.45) is 0 Å². The number of furan rings is 1. The Kier molecular flexibility index (Phi) is 7.43. The molecule has 0 atom stereocenters. The Bertz CT molecular complexity index is 3560. The van der Waals surface area contributed by atoms with E-state index < -0.39 is 0 Å². The van der Waals surface area contributed by atoms with Gasteiger partial charge < -0.3 is 4.42 Å². The monoisotopic (exact) mass is 753 g/mol. The lowest BCUT2D eigenvalue weighted by Gasteiger charge is -2.18. The molecule has 4 heterocycles. The number of nitrogens with zero attached hydrogens (tertiary/aromatic N) is 5. The highest BCUT2D eigenvalue weighted by molar-refractivity contribution is 6.26. The molecule has 0 unspecified atom stereocenters. The highest BCUT2D eigenvalue weighted by Gasteiger charge is 2.21. The molecule has 12 aromatic rings. The van der Waals surface area contributed by atoms with E-state index in [-0.39, 0.29) is 0 Å². The summed E-state index contributed by atoms with van der Waals surface area (Å²) in [5.74, 6) is 1.55. The van der Waals surface area contributed by atoms with Crippen molar-refractivity contribution >= 4 is 65.0 Å². The fourth-order valence-corrected chi connectivity index (χ4v) is 8.84. The zero-order chi connectivity index (χ0) is 38.9. The van der Waals surface area contributed by atoms with Crippen molar-refractivity contribution in [2.45, 2.75) is 0 Å². The summed E-state index contributed by atoms with van der Waals surface area (Å²) in [7, 11) is 0. The lowest BCUT2D eigenvalue weighted by atomic mass is 9.85. The summed E-state index contributed by atoms with van der Waals surface area (Å²) >= 11 is 0. The zero-order valence-electron chi connectivity index (χ0n) is 31.5. The van der Waals surface area contributed by atoms with Crippen LogP contribution in [0, 0.1) is 0 Å². The van der Waals surface area contributed by atoms with Gasteiger partial charge >= 0.3 is 0 Å². The minimum atomic E-state index is 0.494. The van der Waals surface area contributed by atoms with E-state index in [9.17, 15) is 0 Å². The molecule has 0 radical (unpaired) electrons. The van der Waals surface area contributed by atoms with Gasteiger partial charge in [-0.05, 0) is 120 Å². The molecule has 0 aliphatic rings. The third-order valence-corrected chi connectivity index (χ3v) is 11.5. The molecule has 8 aromatic carbocycles. The molecule has 0 spiro atoms. The van der Waals surface area contributed by atoms with Crippen LogP contribution in [-0.4, -0.2) is 24.9 Å². The van der Waals surface area contributed by atoms with Crippen LogP contribution >= 0.6 is 0 Å². The number of hydrogen-bond donors (Lipinski definition) is 0. The highest BCUT2D eigenvalue weighted by atomic mass is 16.3. The fraction of sp³-hybridized carbons (Fsp3) is 0. The second-order valence-corrected chi connectivity index (χ2v) is 14.8. The van der Waals surface area contributed by atoms with Crippen molar-refractivity contribution in [3.63, 3.8) is 0 Å². The molecule has 0 amide bonds. The summed E-state index contributed by atoms with van der Waals surface area (Å²) < 4.78 is 6.36. The molecule has 6 nitrogen and oxygen atoms in total. The molecule has 0 saturated carbocycles. The first-order chi connectivity index (χ1) is 29.3. The van der Waals surface area contributed by atoms with Crippen LogP contribution in [0.25, 0.3) is 122 Å². The predicted molar refractivity (Wildman–Crippen MR) is 240 cm³/mol. The van der Waals surface area contributed by atoms with Crippen LogP contribution in [0.15, 0.2) is 193 Å². The van der Waals surface area contributed by atoms with Crippen LogP contribution in [0.3, 0.4) is 0 Å². The second kappa shape index (κ2) is 13.3. The van der Waals surface area contributed by atoms with Gasteiger partial charge in [-0.3, -0.25) is 9.97 Å². The van der Waals surface area contributed by atoms with E-state index in [1.165, 1.54) is 37.9 Å². The van der Waals surface area contributed by atoms with Gasteiger partial charge in [0.05, 0.1) is 0 Å². The van der Waals surface area contributed by atoms with E-state index in [1.807, 2.05) is 48.5 Å². The van der Waals surface area contributed by atoms with Crippen molar-refractivity contribution < 1.29 is 4.42 Å². The van der Waals surface area contributed by atoms with Crippen LogP contribution in [-0.2, 0) is 0 Å². The summed E-state index contributed by atoms with van der Waals surface area (Å²) in [6.45, 7) is 0. The van der Waals surface area contributed by atoms with Gasteiger partial charge in [0.15, 0.2) is 17.5 Å². The second-order valence-electron chi connectivity index (χ2n) is 14.8. The van der Waals surface area contributed by atoms with Gasteiger partial charge in [-0.2, -0.15) is 0 Å². The molecule has 0 saturated heterocycles. The molecule has 0 bridgehead atoms. The molecule has 0 aliphatic carbocycles. The van der Waals surface area contributed by atoms with Gasteiger partial charge in [0.25, 0.3) is 0 Å². The fourth-order valence-electron chi connectivity index (χ4n) is 8.84. The lowest BCUT2D eigenvalue weighted by Crippen LogP contribution is -2.02. The van der Waals surface area contributed by atoms with Gasteiger partial charge in [0.2, 0.25) is 0 Å². The standard InChI is InChI=1S/C53H31N5O/c1-2-15-33-32(14-1)38(26-27-40(33)51-56-52(46-22-9-11-28-54-46)58-53(57-51)47-23-10-12-29-55-47)42-30-44-37-19-6-4-17-35(37)43(31-45(44)36-18-5-3-16-34(36)42)39-21-13-25-49-50(39)41-20-7-8-24-48(41)59-49/h1-31H. The van der Waals surface area contributed by atoms with Crippen molar-refractivity contribution in [1.82, 2.24) is 24.9 Å². The topological polar surface area (TPSA) is 77.6 Å². The predicted octanol–water partition coefficient (Wildman–Crippen LogP) is 13.5. The Balaban J connectivity index is 1.10. The van der Waals surface area contributed by atoms with E-state index in [2.05, 4.69) is 137 Å². The van der Waals surface area contributed by atoms with Gasteiger partial charge in [0.1, 0.15) is 22.6 Å². The summed E-state index contributed by atoms with van der Waals surface area (Å²) in [6.07, 6.45) is 3.51. The quantitative estimate of drug-likeness (QED) is 0.163. The third kappa shape index (κ3) is 5.31. The molecule has 4 aromatic heterocycles. The number of rotatable bonds is 5. The Morgan fingerprint density at radius 3 is 1.34 bits per heavy atom. The minimum Gasteiger partial charge on any atom is -0.456 e. The number of benzene rings is 8. The third-order valence-electron chi connectivity index (χ3n) is 11.5. The normalized spacial score (nSPS) is 11.7. The first-order valence-corrected chi connectivity index (χ1v) is 19.7. The number of fused-ring (bicyclic) bond motifs is 9. The summed E-state index contributed by atoms with van der Waals surface area (Å²) in [6, 6.07) is 61.5. The molecular weight excluding hydrogens is 723 g/mol. The molecule has 59 heavy (non-hydrogen) atoms. The Morgan fingerprint density at radius 1 is 0.288 bits per heavy atom. The smallest absolute Gasteiger partial charge is 0.182 e.